The van der Waals surface area contributed by atoms with Crippen LogP contribution in [0.25, 0.3) is 0 Å². The minimum Gasteiger partial charge on any atom is -0.482 e. The van der Waals surface area contributed by atoms with Gasteiger partial charge in [-0.3, -0.25) is 24.6 Å². The molecule has 0 bridgehead atoms. The van der Waals surface area contributed by atoms with E-state index in [1.165, 1.54) is 12.1 Å². The molecule has 1 heterocycles. The molecule has 0 spiro atoms. The quantitative estimate of drug-likeness (QED) is 0.519. The van der Waals surface area contributed by atoms with Gasteiger partial charge in [0.2, 0.25) is 5.91 Å². The molecule has 1 aliphatic rings. The van der Waals surface area contributed by atoms with E-state index in [-0.39, 0.29) is 30.2 Å². The van der Waals surface area contributed by atoms with Gasteiger partial charge in [0.25, 0.3) is 11.6 Å². The maximum Gasteiger partial charge on any atom is 0.326 e. The normalized spacial score (nSPS) is 14.2. The Labute approximate surface area is 148 Å². The summed E-state index contributed by atoms with van der Waals surface area (Å²) in [6.45, 7) is 1.14. The van der Waals surface area contributed by atoms with Crippen LogP contribution in [-0.4, -0.2) is 47.0 Å². The third-order valence-electron chi connectivity index (χ3n) is 3.88. The second-order valence-electron chi connectivity index (χ2n) is 5.78. The largest absolute Gasteiger partial charge is 0.482 e. The number of carboxylic acids is 1. The molecular formula is C16H19N3O7. The van der Waals surface area contributed by atoms with E-state index in [4.69, 9.17) is 4.74 Å². The second kappa shape index (κ2) is 8.28. The highest BCUT2D eigenvalue weighted by Crippen LogP contribution is 2.35. The van der Waals surface area contributed by atoms with Gasteiger partial charge in [0.15, 0.2) is 6.61 Å². The molecular weight excluding hydrogens is 346 g/mol. The highest BCUT2D eigenvalue weighted by molar-refractivity contribution is 6.02. The molecule has 2 amide bonds. The topological polar surface area (TPSA) is 139 Å². The van der Waals surface area contributed by atoms with Gasteiger partial charge in [0, 0.05) is 12.1 Å². The fourth-order valence-electron chi connectivity index (χ4n) is 2.53. The number of non-ortho nitro benzene ring substituents is 1. The smallest absolute Gasteiger partial charge is 0.326 e. The average Bonchev–Trinajstić information content (AvgIpc) is 2.60. The van der Waals surface area contributed by atoms with Crippen LogP contribution in [0.5, 0.6) is 5.75 Å². The number of nitrogens with zero attached hydrogens (tertiary/aromatic N) is 2. The molecule has 1 aromatic rings. The minimum absolute atomic E-state index is 0.103. The predicted octanol–water partition coefficient (Wildman–Crippen LogP) is 1.08. The number of carbonyl (C=O) groups is 3. The van der Waals surface area contributed by atoms with Crippen molar-refractivity contribution in [1.29, 1.82) is 0 Å². The van der Waals surface area contributed by atoms with E-state index in [0.717, 1.165) is 17.4 Å². The van der Waals surface area contributed by atoms with E-state index in [1.54, 1.807) is 0 Å². The Kier molecular flexibility index (Phi) is 6.10. The van der Waals surface area contributed by atoms with Crippen LogP contribution in [0, 0.1) is 10.1 Å². The van der Waals surface area contributed by atoms with Crippen molar-refractivity contribution >= 4 is 29.2 Å². The number of nitrogens with one attached hydrogen (secondary N) is 1. The first-order valence-corrected chi connectivity index (χ1v) is 8.07. The maximum atomic E-state index is 12.2. The van der Waals surface area contributed by atoms with Crippen molar-refractivity contribution in [3.8, 4) is 5.75 Å². The SMILES string of the molecule is CCCCC(NC(=O)CN1C(=O)COc2ccc([N+](=O)[O-])cc21)C(=O)O. The monoisotopic (exact) mass is 365 g/mol. The van der Waals surface area contributed by atoms with Crippen LogP contribution in [0.2, 0.25) is 0 Å². The van der Waals surface area contributed by atoms with Gasteiger partial charge in [-0.1, -0.05) is 19.8 Å². The summed E-state index contributed by atoms with van der Waals surface area (Å²) in [4.78, 5) is 46.9. The number of anilines is 1. The first kappa shape index (κ1) is 19.2. The van der Waals surface area contributed by atoms with E-state index in [1.807, 2.05) is 6.92 Å². The van der Waals surface area contributed by atoms with Gasteiger partial charge in [-0.05, 0) is 12.5 Å². The summed E-state index contributed by atoms with van der Waals surface area (Å²) in [5, 5.41) is 22.5. The average molecular weight is 365 g/mol. The van der Waals surface area contributed by atoms with Crippen molar-refractivity contribution in [3.63, 3.8) is 0 Å². The van der Waals surface area contributed by atoms with Crippen molar-refractivity contribution in [1.82, 2.24) is 5.32 Å². The molecule has 10 nitrogen and oxygen atoms in total. The van der Waals surface area contributed by atoms with E-state index in [9.17, 15) is 29.6 Å². The number of amides is 2. The summed E-state index contributed by atoms with van der Waals surface area (Å²) in [5.74, 6) is -2.13. The van der Waals surface area contributed by atoms with Gasteiger partial charge in [0.05, 0.1) is 10.6 Å². The summed E-state index contributed by atoms with van der Waals surface area (Å²) < 4.78 is 5.22. The number of nitro benzene ring substituents is 1. The number of nitro groups is 1. The number of rotatable bonds is 8. The summed E-state index contributed by atoms with van der Waals surface area (Å²) in [5.41, 5.74) is -0.148. The standard InChI is InChI=1S/C16H19N3O7/c1-2-3-4-11(16(22)23)17-14(20)8-18-12-7-10(19(24)25)5-6-13(12)26-9-15(18)21/h5-7,11H,2-4,8-9H2,1H3,(H,17,20)(H,22,23). The Bertz CT molecular complexity index is 735. The van der Waals surface area contributed by atoms with Crippen LogP contribution in [-0.2, 0) is 14.4 Å². The Morgan fingerprint density at radius 3 is 2.81 bits per heavy atom. The lowest BCUT2D eigenvalue weighted by Crippen LogP contribution is -2.49. The van der Waals surface area contributed by atoms with Crippen LogP contribution in [0.15, 0.2) is 18.2 Å². The number of benzene rings is 1. The third-order valence-corrected chi connectivity index (χ3v) is 3.88. The fourth-order valence-corrected chi connectivity index (χ4v) is 2.53. The molecule has 140 valence electrons. The molecule has 0 saturated heterocycles. The van der Waals surface area contributed by atoms with Gasteiger partial charge in [0.1, 0.15) is 18.3 Å². The lowest BCUT2D eigenvalue weighted by molar-refractivity contribution is -0.384. The zero-order valence-corrected chi connectivity index (χ0v) is 14.1. The first-order chi connectivity index (χ1) is 12.3. The zero-order chi connectivity index (χ0) is 19.3. The van der Waals surface area contributed by atoms with Crippen molar-refractivity contribution < 1.29 is 29.2 Å². The Balaban J connectivity index is 2.16. The number of hydrogen-bond acceptors (Lipinski definition) is 6. The zero-order valence-electron chi connectivity index (χ0n) is 14.1. The van der Waals surface area contributed by atoms with Gasteiger partial charge < -0.3 is 15.2 Å². The number of ether oxygens (including phenoxy) is 1. The molecule has 1 aliphatic heterocycles. The highest BCUT2D eigenvalue weighted by atomic mass is 16.6. The van der Waals surface area contributed by atoms with Crippen molar-refractivity contribution in [3.05, 3.63) is 28.3 Å². The van der Waals surface area contributed by atoms with Gasteiger partial charge in [-0.25, -0.2) is 4.79 Å². The van der Waals surface area contributed by atoms with E-state index in [0.29, 0.717) is 6.42 Å². The van der Waals surface area contributed by atoms with Crippen LogP contribution in [0.1, 0.15) is 26.2 Å². The summed E-state index contributed by atoms with van der Waals surface area (Å²) >= 11 is 0. The number of hydrogen-bond donors (Lipinski definition) is 2. The molecule has 1 unspecified atom stereocenters. The molecule has 0 aromatic heterocycles. The highest BCUT2D eigenvalue weighted by Gasteiger charge is 2.30. The molecule has 0 aliphatic carbocycles. The number of unbranched alkanes of at least 4 members (excludes halogenated alkanes) is 1. The molecule has 1 atom stereocenters. The summed E-state index contributed by atoms with van der Waals surface area (Å²) in [7, 11) is 0. The maximum absolute atomic E-state index is 12.2. The van der Waals surface area contributed by atoms with Crippen molar-refractivity contribution in [2.75, 3.05) is 18.1 Å². The molecule has 0 saturated carbocycles. The Morgan fingerprint density at radius 1 is 1.46 bits per heavy atom. The van der Waals surface area contributed by atoms with Gasteiger partial charge in [-0.15, -0.1) is 0 Å². The van der Waals surface area contributed by atoms with E-state index < -0.39 is 35.3 Å². The molecule has 1 aromatic carbocycles. The van der Waals surface area contributed by atoms with Crippen LogP contribution >= 0.6 is 0 Å². The number of aliphatic carboxylic acids is 1. The van der Waals surface area contributed by atoms with E-state index >= 15 is 0 Å². The van der Waals surface area contributed by atoms with Crippen LogP contribution in [0.3, 0.4) is 0 Å². The van der Waals surface area contributed by atoms with Gasteiger partial charge in [-0.2, -0.15) is 0 Å². The molecule has 0 radical (unpaired) electrons. The van der Waals surface area contributed by atoms with Gasteiger partial charge >= 0.3 is 5.97 Å². The number of carboxylic acid groups (broad SMARTS) is 1. The van der Waals surface area contributed by atoms with Crippen LogP contribution in [0.4, 0.5) is 11.4 Å². The van der Waals surface area contributed by atoms with Crippen molar-refractivity contribution in [2.24, 2.45) is 0 Å². The summed E-state index contributed by atoms with van der Waals surface area (Å²) in [6.07, 6.45) is 1.68. The summed E-state index contributed by atoms with van der Waals surface area (Å²) in [6, 6.07) is 2.68. The third kappa shape index (κ3) is 4.47. The lowest BCUT2D eigenvalue weighted by Gasteiger charge is -2.29. The molecule has 0 fully saturated rings. The second-order valence-corrected chi connectivity index (χ2v) is 5.78. The predicted molar refractivity (Wildman–Crippen MR) is 90.0 cm³/mol. The number of fused-ring (bicyclic) bond motifs is 1. The molecule has 2 rings (SSSR count). The van der Waals surface area contributed by atoms with Crippen molar-refractivity contribution in [2.45, 2.75) is 32.2 Å². The lowest BCUT2D eigenvalue weighted by atomic mass is 10.1. The fraction of sp³-hybridized carbons (Fsp3) is 0.438. The minimum atomic E-state index is -1.16. The first-order valence-electron chi connectivity index (χ1n) is 8.07. The number of carbonyl (C=O) groups excluding carboxylic acids is 2. The molecule has 2 N–H and O–H groups in total. The Morgan fingerprint density at radius 2 is 2.19 bits per heavy atom. The molecule has 26 heavy (non-hydrogen) atoms. The Hall–Kier alpha value is -3.17. The van der Waals surface area contributed by atoms with Crippen LogP contribution < -0.4 is 15.0 Å². The van der Waals surface area contributed by atoms with E-state index in [2.05, 4.69) is 5.32 Å². The molecule has 10 heteroatoms.